The Morgan fingerprint density at radius 1 is 0.789 bits per heavy atom. The van der Waals surface area contributed by atoms with Crippen molar-refractivity contribution >= 4 is 0 Å². The van der Waals surface area contributed by atoms with Gasteiger partial charge in [0.15, 0.2) is 0 Å². The molecule has 0 aliphatic carbocycles. The summed E-state index contributed by atoms with van der Waals surface area (Å²) < 4.78 is 0. The highest BCUT2D eigenvalue weighted by Crippen LogP contribution is 2.25. The Morgan fingerprint density at radius 2 is 1.47 bits per heavy atom. The lowest BCUT2D eigenvalue weighted by Crippen LogP contribution is -1.90. The van der Waals surface area contributed by atoms with Gasteiger partial charge in [-0.25, -0.2) is 0 Å². The molecule has 19 heavy (non-hydrogen) atoms. The minimum absolute atomic E-state index is 0.973. The minimum Gasteiger partial charge on any atom is -0.264 e. The molecule has 3 aromatic heterocycles. The van der Waals surface area contributed by atoms with E-state index < -0.39 is 0 Å². The predicted octanol–water partition coefficient (Wildman–Crippen LogP) is 3.51. The molecule has 3 heteroatoms. The van der Waals surface area contributed by atoms with Gasteiger partial charge in [0.1, 0.15) is 0 Å². The first kappa shape index (κ1) is 11.5. The fraction of sp³-hybridized carbons (Fsp3) is 0.0625. The third kappa shape index (κ3) is 2.36. The molecule has 0 bridgehead atoms. The molecule has 0 amide bonds. The number of pyridine rings is 3. The van der Waals surface area contributed by atoms with Crippen LogP contribution in [0.25, 0.3) is 22.4 Å². The Bertz CT molecular complexity index is 679. The minimum atomic E-state index is 0.973. The van der Waals surface area contributed by atoms with Gasteiger partial charge in [0.2, 0.25) is 0 Å². The molecule has 3 heterocycles. The van der Waals surface area contributed by atoms with Crippen molar-refractivity contribution in [2.45, 2.75) is 6.92 Å². The molecular formula is C16H13N3. The number of hydrogen-bond donors (Lipinski definition) is 0. The second-order valence-electron chi connectivity index (χ2n) is 4.37. The topological polar surface area (TPSA) is 38.7 Å². The highest BCUT2D eigenvalue weighted by Gasteiger charge is 2.06. The van der Waals surface area contributed by atoms with E-state index >= 15 is 0 Å². The maximum Gasteiger partial charge on any atom is 0.0747 e. The summed E-state index contributed by atoms with van der Waals surface area (Å²) in [4.78, 5) is 12.8. The van der Waals surface area contributed by atoms with Crippen molar-refractivity contribution < 1.29 is 0 Å². The molecule has 0 aliphatic rings. The van der Waals surface area contributed by atoms with Crippen molar-refractivity contribution in [1.29, 1.82) is 0 Å². The summed E-state index contributed by atoms with van der Waals surface area (Å²) in [5.41, 5.74) is 5.31. The second kappa shape index (κ2) is 4.98. The van der Waals surface area contributed by atoms with Gasteiger partial charge in [0, 0.05) is 47.7 Å². The van der Waals surface area contributed by atoms with E-state index in [1.165, 1.54) is 0 Å². The number of aryl methyl sites for hydroxylation is 1. The van der Waals surface area contributed by atoms with Crippen LogP contribution in [0.1, 0.15) is 5.56 Å². The van der Waals surface area contributed by atoms with Crippen molar-refractivity contribution in [1.82, 2.24) is 15.0 Å². The normalized spacial score (nSPS) is 10.4. The van der Waals surface area contributed by atoms with Gasteiger partial charge in [-0.2, -0.15) is 0 Å². The van der Waals surface area contributed by atoms with Gasteiger partial charge in [0.25, 0.3) is 0 Å². The number of nitrogens with zero attached hydrogens (tertiary/aromatic N) is 3. The number of hydrogen-bond acceptors (Lipinski definition) is 3. The Morgan fingerprint density at radius 3 is 2.05 bits per heavy atom. The fourth-order valence-electron chi connectivity index (χ4n) is 2.07. The third-order valence-electron chi connectivity index (χ3n) is 3.01. The van der Waals surface area contributed by atoms with E-state index in [-0.39, 0.29) is 0 Å². The van der Waals surface area contributed by atoms with Crippen LogP contribution in [0.3, 0.4) is 0 Å². The van der Waals surface area contributed by atoms with Gasteiger partial charge in [-0.15, -0.1) is 0 Å². The Labute approximate surface area is 112 Å². The van der Waals surface area contributed by atoms with Gasteiger partial charge in [0.05, 0.1) is 5.69 Å². The molecule has 0 aromatic carbocycles. The van der Waals surface area contributed by atoms with Crippen molar-refractivity contribution in [2.75, 3.05) is 0 Å². The van der Waals surface area contributed by atoms with E-state index in [1.54, 1.807) is 12.4 Å². The summed E-state index contributed by atoms with van der Waals surface area (Å²) in [6.45, 7) is 2.06. The van der Waals surface area contributed by atoms with E-state index in [2.05, 4.69) is 27.9 Å². The summed E-state index contributed by atoms with van der Waals surface area (Å²) in [7, 11) is 0. The van der Waals surface area contributed by atoms with Gasteiger partial charge >= 0.3 is 0 Å². The summed E-state index contributed by atoms with van der Waals surface area (Å²) in [6, 6.07) is 10.0. The molecule has 0 radical (unpaired) electrons. The standard InChI is InChI=1S/C16H13N3/c1-12-8-15(13-4-2-6-17-9-13)11-19-16(12)14-5-3-7-18-10-14/h2-11H,1H3. The molecule has 3 aromatic rings. The summed E-state index contributed by atoms with van der Waals surface area (Å²) in [6.07, 6.45) is 9.10. The lowest BCUT2D eigenvalue weighted by Gasteiger charge is -2.07. The zero-order valence-electron chi connectivity index (χ0n) is 10.6. The molecule has 0 unspecified atom stereocenters. The SMILES string of the molecule is Cc1cc(-c2cccnc2)cnc1-c1cccnc1. The largest absolute Gasteiger partial charge is 0.264 e. The first-order valence-electron chi connectivity index (χ1n) is 6.12. The number of rotatable bonds is 2. The van der Waals surface area contributed by atoms with Crippen LogP contribution in [-0.2, 0) is 0 Å². The Kier molecular flexibility index (Phi) is 3.02. The molecule has 3 rings (SSSR count). The smallest absolute Gasteiger partial charge is 0.0747 e. The van der Waals surface area contributed by atoms with Crippen LogP contribution in [0.15, 0.2) is 61.3 Å². The van der Waals surface area contributed by atoms with Crippen molar-refractivity contribution in [3.63, 3.8) is 0 Å². The average molecular weight is 247 g/mol. The van der Waals surface area contributed by atoms with E-state index in [0.29, 0.717) is 0 Å². The molecule has 0 spiro atoms. The molecule has 0 atom stereocenters. The molecule has 0 N–H and O–H groups in total. The van der Waals surface area contributed by atoms with Crippen LogP contribution in [-0.4, -0.2) is 15.0 Å². The lowest BCUT2D eigenvalue weighted by molar-refractivity contribution is 1.24. The van der Waals surface area contributed by atoms with Crippen molar-refractivity contribution in [3.8, 4) is 22.4 Å². The van der Waals surface area contributed by atoms with Gasteiger partial charge in [-0.3, -0.25) is 15.0 Å². The Balaban J connectivity index is 2.04. The summed E-state index contributed by atoms with van der Waals surface area (Å²) in [5, 5.41) is 0. The first-order chi connectivity index (χ1) is 9.34. The van der Waals surface area contributed by atoms with E-state index in [1.807, 2.05) is 42.9 Å². The predicted molar refractivity (Wildman–Crippen MR) is 75.4 cm³/mol. The second-order valence-corrected chi connectivity index (χ2v) is 4.37. The lowest BCUT2D eigenvalue weighted by atomic mass is 10.0. The first-order valence-corrected chi connectivity index (χ1v) is 6.12. The van der Waals surface area contributed by atoms with E-state index in [0.717, 1.165) is 27.9 Å². The molecule has 0 fully saturated rings. The Hall–Kier alpha value is -2.55. The van der Waals surface area contributed by atoms with Gasteiger partial charge < -0.3 is 0 Å². The van der Waals surface area contributed by atoms with Crippen LogP contribution in [0.2, 0.25) is 0 Å². The van der Waals surface area contributed by atoms with Crippen LogP contribution in [0.4, 0.5) is 0 Å². The van der Waals surface area contributed by atoms with Gasteiger partial charge in [-0.05, 0) is 36.8 Å². The van der Waals surface area contributed by atoms with E-state index in [9.17, 15) is 0 Å². The molecule has 3 nitrogen and oxygen atoms in total. The monoisotopic (exact) mass is 247 g/mol. The molecule has 0 aliphatic heterocycles. The van der Waals surface area contributed by atoms with Crippen molar-refractivity contribution in [2.24, 2.45) is 0 Å². The quantitative estimate of drug-likeness (QED) is 0.695. The van der Waals surface area contributed by atoms with Crippen LogP contribution in [0, 0.1) is 6.92 Å². The molecular weight excluding hydrogens is 234 g/mol. The zero-order chi connectivity index (χ0) is 13.1. The highest BCUT2D eigenvalue weighted by molar-refractivity contribution is 5.68. The maximum atomic E-state index is 4.56. The zero-order valence-corrected chi connectivity index (χ0v) is 10.6. The van der Waals surface area contributed by atoms with Gasteiger partial charge in [-0.1, -0.05) is 6.07 Å². The third-order valence-corrected chi connectivity index (χ3v) is 3.01. The van der Waals surface area contributed by atoms with E-state index in [4.69, 9.17) is 0 Å². The van der Waals surface area contributed by atoms with Crippen LogP contribution < -0.4 is 0 Å². The van der Waals surface area contributed by atoms with Crippen LogP contribution in [0.5, 0.6) is 0 Å². The maximum absolute atomic E-state index is 4.56. The van der Waals surface area contributed by atoms with Crippen molar-refractivity contribution in [3.05, 3.63) is 66.9 Å². The summed E-state index contributed by atoms with van der Waals surface area (Å²) >= 11 is 0. The summed E-state index contributed by atoms with van der Waals surface area (Å²) in [5.74, 6) is 0. The fourth-order valence-corrected chi connectivity index (χ4v) is 2.07. The molecule has 92 valence electrons. The average Bonchev–Trinajstić information content (AvgIpc) is 2.49. The van der Waals surface area contributed by atoms with Crippen LogP contribution >= 0.6 is 0 Å². The molecule has 0 saturated heterocycles. The number of aromatic nitrogens is 3. The highest BCUT2D eigenvalue weighted by atomic mass is 14.7. The molecule has 0 saturated carbocycles.